The van der Waals surface area contributed by atoms with Gasteiger partial charge < -0.3 is 0 Å². The first-order valence-corrected chi connectivity index (χ1v) is 4.24. The van der Waals surface area contributed by atoms with Crippen LogP contribution >= 0.6 is 0 Å². The van der Waals surface area contributed by atoms with Crippen molar-refractivity contribution in [3.05, 3.63) is 0 Å². The Balaban J connectivity index is 5.01. The molecular formula is C8H14F5N. The fourth-order valence-corrected chi connectivity index (χ4v) is 1.39. The van der Waals surface area contributed by atoms with Crippen molar-refractivity contribution < 1.29 is 22.0 Å². The minimum Gasteiger partial charge on any atom is -0.232 e. The summed E-state index contributed by atoms with van der Waals surface area (Å²) in [7, 11) is 0. The second kappa shape index (κ2) is 4.00. The molecule has 0 rings (SSSR count). The first kappa shape index (κ1) is 13.6. The highest BCUT2D eigenvalue weighted by Gasteiger charge is 2.62. The zero-order valence-electron chi connectivity index (χ0n) is 8.49. The molecule has 6 heteroatoms. The lowest BCUT2D eigenvalue weighted by Gasteiger charge is -2.38. The molecule has 0 N–H and O–H groups in total. The van der Waals surface area contributed by atoms with E-state index in [1.165, 1.54) is 27.7 Å². The molecule has 0 aromatic heterocycles. The summed E-state index contributed by atoms with van der Waals surface area (Å²) in [6, 6.07) is -6.51. The highest BCUT2D eigenvalue weighted by atomic mass is 19.4. The second-order valence-corrected chi connectivity index (χ2v) is 3.63. The summed E-state index contributed by atoms with van der Waals surface area (Å²) in [6.45, 7) is 5.22. The van der Waals surface area contributed by atoms with Crippen LogP contribution in [-0.4, -0.2) is 29.2 Å². The van der Waals surface area contributed by atoms with E-state index in [0.29, 0.717) is 0 Å². The van der Waals surface area contributed by atoms with Crippen molar-refractivity contribution in [2.75, 3.05) is 0 Å². The molecule has 0 saturated heterocycles. The summed E-state index contributed by atoms with van der Waals surface area (Å²) in [4.78, 5) is 0.146. The Hall–Kier alpha value is -0.390. The van der Waals surface area contributed by atoms with Crippen LogP contribution in [0.4, 0.5) is 22.0 Å². The molecule has 0 heterocycles. The van der Waals surface area contributed by atoms with E-state index in [9.17, 15) is 22.0 Å². The number of nitrogens with zero attached hydrogens (tertiary/aromatic N) is 1. The SMILES string of the molecule is CC(C)N(C(C)C)C(F)(F)C(F)(F)F. The molecular weight excluding hydrogens is 205 g/mol. The summed E-state index contributed by atoms with van der Waals surface area (Å²) in [5.74, 6) is 0. The maximum Gasteiger partial charge on any atom is 0.469 e. The van der Waals surface area contributed by atoms with Crippen LogP contribution in [0.3, 0.4) is 0 Å². The molecule has 0 saturated carbocycles. The van der Waals surface area contributed by atoms with Gasteiger partial charge in [-0.15, -0.1) is 0 Å². The number of rotatable bonds is 3. The Morgan fingerprint density at radius 1 is 0.786 bits per heavy atom. The van der Waals surface area contributed by atoms with E-state index in [4.69, 9.17) is 0 Å². The molecule has 0 spiro atoms. The quantitative estimate of drug-likeness (QED) is 0.520. The lowest BCUT2D eigenvalue weighted by atomic mass is 10.2. The van der Waals surface area contributed by atoms with Gasteiger partial charge in [0.2, 0.25) is 0 Å². The van der Waals surface area contributed by atoms with Gasteiger partial charge in [0.05, 0.1) is 0 Å². The average Bonchev–Trinajstić information content (AvgIpc) is 1.79. The highest BCUT2D eigenvalue weighted by molar-refractivity contribution is 4.82. The van der Waals surface area contributed by atoms with Crippen molar-refractivity contribution >= 4 is 0 Å². The maximum absolute atomic E-state index is 12.9. The average molecular weight is 219 g/mol. The molecule has 0 aromatic carbocycles. The van der Waals surface area contributed by atoms with E-state index < -0.39 is 24.3 Å². The van der Waals surface area contributed by atoms with E-state index in [1.54, 1.807) is 0 Å². The summed E-state index contributed by atoms with van der Waals surface area (Å²) < 4.78 is 61.8. The summed E-state index contributed by atoms with van der Waals surface area (Å²) in [5.41, 5.74) is 0. The van der Waals surface area contributed by atoms with Gasteiger partial charge in [-0.25, -0.2) is 4.90 Å². The maximum atomic E-state index is 12.9. The van der Waals surface area contributed by atoms with Gasteiger partial charge in [0, 0.05) is 12.1 Å². The largest absolute Gasteiger partial charge is 0.469 e. The topological polar surface area (TPSA) is 3.24 Å². The number of halogens is 5. The lowest BCUT2D eigenvalue weighted by Crippen LogP contribution is -2.57. The van der Waals surface area contributed by atoms with Gasteiger partial charge in [-0.05, 0) is 27.7 Å². The van der Waals surface area contributed by atoms with Gasteiger partial charge in [-0.2, -0.15) is 22.0 Å². The number of hydrogen-bond donors (Lipinski definition) is 0. The third-order valence-electron chi connectivity index (χ3n) is 1.78. The Kier molecular flexibility index (Phi) is 3.89. The fraction of sp³-hybridized carbons (Fsp3) is 1.00. The molecule has 0 aromatic rings. The van der Waals surface area contributed by atoms with Gasteiger partial charge in [0.25, 0.3) is 0 Å². The Morgan fingerprint density at radius 2 is 1.07 bits per heavy atom. The standard InChI is InChI=1S/C8H14F5N/c1-5(2)14(6(3)4)8(12,13)7(9,10)11/h5-6H,1-4H3. The molecule has 0 aliphatic heterocycles. The zero-order chi connectivity index (χ0) is 11.7. The Labute approximate surface area is 79.9 Å². The first-order chi connectivity index (χ1) is 6.01. The van der Waals surface area contributed by atoms with Crippen LogP contribution in [0.1, 0.15) is 27.7 Å². The van der Waals surface area contributed by atoms with Crippen LogP contribution in [0.15, 0.2) is 0 Å². The molecule has 86 valence electrons. The second-order valence-electron chi connectivity index (χ2n) is 3.63. The third-order valence-corrected chi connectivity index (χ3v) is 1.78. The van der Waals surface area contributed by atoms with Gasteiger partial charge in [0.1, 0.15) is 0 Å². The van der Waals surface area contributed by atoms with Crippen LogP contribution in [0, 0.1) is 0 Å². The first-order valence-electron chi connectivity index (χ1n) is 4.24. The molecule has 0 aliphatic rings. The smallest absolute Gasteiger partial charge is 0.232 e. The van der Waals surface area contributed by atoms with Crippen molar-refractivity contribution in [2.24, 2.45) is 0 Å². The van der Waals surface area contributed by atoms with Crippen LogP contribution in [0.2, 0.25) is 0 Å². The normalized spacial score (nSPS) is 14.6. The number of hydrogen-bond acceptors (Lipinski definition) is 1. The van der Waals surface area contributed by atoms with Crippen molar-refractivity contribution in [3.8, 4) is 0 Å². The number of alkyl halides is 5. The Bertz CT molecular complexity index is 177. The highest BCUT2D eigenvalue weighted by Crippen LogP contribution is 2.40. The molecule has 0 bridgehead atoms. The summed E-state index contributed by atoms with van der Waals surface area (Å²) in [5, 5.41) is 0. The van der Waals surface area contributed by atoms with Crippen LogP contribution in [-0.2, 0) is 0 Å². The summed E-state index contributed by atoms with van der Waals surface area (Å²) in [6.07, 6.45) is -5.53. The summed E-state index contributed by atoms with van der Waals surface area (Å²) >= 11 is 0. The van der Waals surface area contributed by atoms with Gasteiger partial charge >= 0.3 is 12.2 Å². The molecule has 0 fully saturated rings. The van der Waals surface area contributed by atoms with Crippen molar-refractivity contribution in [2.45, 2.75) is 52.0 Å². The zero-order valence-corrected chi connectivity index (χ0v) is 8.49. The molecule has 0 aliphatic carbocycles. The van der Waals surface area contributed by atoms with Crippen LogP contribution in [0.5, 0.6) is 0 Å². The molecule has 0 amide bonds. The van der Waals surface area contributed by atoms with Crippen molar-refractivity contribution in [3.63, 3.8) is 0 Å². The lowest BCUT2D eigenvalue weighted by molar-refractivity contribution is -0.351. The Morgan fingerprint density at radius 3 is 1.14 bits per heavy atom. The molecule has 14 heavy (non-hydrogen) atoms. The van der Waals surface area contributed by atoms with Crippen LogP contribution < -0.4 is 0 Å². The third kappa shape index (κ3) is 2.56. The van der Waals surface area contributed by atoms with Crippen LogP contribution in [0.25, 0.3) is 0 Å². The molecule has 0 radical (unpaired) electrons. The fourth-order valence-electron chi connectivity index (χ4n) is 1.39. The van der Waals surface area contributed by atoms with E-state index in [0.717, 1.165) is 0 Å². The minimum absolute atomic E-state index is 0.146. The van der Waals surface area contributed by atoms with Gasteiger partial charge in [-0.1, -0.05) is 0 Å². The molecule has 0 atom stereocenters. The molecule has 1 nitrogen and oxygen atoms in total. The predicted octanol–water partition coefficient (Wildman–Crippen LogP) is 3.26. The van der Waals surface area contributed by atoms with Gasteiger partial charge in [0.15, 0.2) is 0 Å². The van der Waals surface area contributed by atoms with Crippen molar-refractivity contribution in [1.82, 2.24) is 4.90 Å². The van der Waals surface area contributed by atoms with E-state index in [-0.39, 0.29) is 4.90 Å². The van der Waals surface area contributed by atoms with Gasteiger partial charge in [-0.3, -0.25) is 0 Å². The van der Waals surface area contributed by atoms with Crippen molar-refractivity contribution in [1.29, 1.82) is 0 Å². The van der Waals surface area contributed by atoms with E-state index >= 15 is 0 Å². The minimum atomic E-state index is -5.53. The predicted molar refractivity (Wildman–Crippen MR) is 43.1 cm³/mol. The molecule has 0 unspecified atom stereocenters. The monoisotopic (exact) mass is 219 g/mol. The van der Waals surface area contributed by atoms with E-state index in [2.05, 4.69) is 0 Å². The van der Waals surface area contributed by atoms with E-state index in [1.807, 2.05) is 0 Å².